The van der Waals surface area contributed by atoms with Gasteiger partial charge in [0, 0.05) is 21.9 Å². The van der Waals surface area contributed by atoms with Crippen LogP contribution in [0.15, 0.2) is 6.20 Å². The second-order valence-electron chi connectivity index (χ2n) is 3.01. The molecule has 0 unspecified atom stereocenters. The molecule has 0 fully saturated rings. The van der Waals surface area contributed by atoms with Crippen molar-refractivity contribution >= 4 is 22.6 Å². The zero-order valence-corrected chi connectivity index (χ0v) is 10.5. The molecule has 0 bridgehead atoms. The van der Waals surface area contributed by atoms with Crippen LogP contribution in [0.3, 0.4) is 0 Å². The number of nitrogens with zero attached hydrogens (tertiary/aromatic N) is 1. The summed E-state index contributed by atoms with van der Waals surface area (Å²) in [5, 5.41) is 0. The van der Waals surface area contributed by atoms with Crippen LogP contribution in [-0.4, -0.2) is 11.3 Å². The number of pyridine rings is 1. The topological polar surface area (TPSA) is 48.1 Å². The second-order valence-corrected chi connectivity index (χ2v) is 4.17. The summed E-state index contributed by atoms with van der Waals surface area (Å²) in [7, 11) is 0. The lowest BCUT2D eigenvalue weighted by molar-refractivity contribution is -0.276. The van der Waals surface area contributed by atoms with Gasteiger partial charge in [0.05, 0.1) is 0 Å². The van der Waals surface area contributed by atoms with E-state index in [0.717, 1.165) is 6.20 Å². The quantitative estimate of drug-likeness (QED) is 0.628. The monoisotopic (exact) mass is 386 g/mol. The molecule has 0 spiro atoms. The van der Waals surface area contributed by atoms with Gasteiger partial charge in [-0.2, -0.15) is 13.2 Å². The largest absolute Gasteiger partial charge is 0.573 e. The van der Waals surface area contributed by atoms with Crippen molar-refractivity contribution in [1.82, 2.24) is 4.98 Å². The van der Waals surface area contributed by atoms with Gasteiger partial charge >= 0.3 is 12.5 Å². The first kappa shape index (κ1) is 15.3. The maximum absolute atomic E-state index is 12.5. The molecule has 0 amide bonds. The zero-order chi connectivity index (χ0) is 14.1. The third kappa shape index (κ3) is 3.60. The summed E-state index contributed by atoms with van der Waals surface area (Å²) < 4.78 is 77.3. The molecule has 102 valence electrons. The van der Waals surface area contributed by atoms with Crippen molar-refractivity contribution in [3.05, 3.63) is 21.0 Å². The summed E-state index contributed by atoms with van der Waals surface area (Å²) in [6, 6.07) is 0. The molecule has 0 aliphatic heterocycles. The van der Waals surface area contributed by atoms with Crippen LogP contribution in [0.4, 0.5) is 26.3 Å². The van der Waals surface area contributed by atoms with Crippen molar-refractivity contribution in [3.8, 4) is 5.75 Å². The minimum Gasteiger partial charge on any atom is -0.403 e. The molecule has 0 aliphatic rings. The van der Waals surface area contributed by atoms with Gasteiger partial charge in [0.2, 0.25) is 0 Å². The molecule has 0 radical (unpaired) electrons. The van der Waals surface area contributed by atoms with E-state index in [1.54, 1.807) is 0 Å². The first-order valence-electron chi connectivity index (χ1n) is 4.26. The summed E-state index contributed by atoms with van der Waals surface area (Å²) in [5.41, 5.74) is 2.99. The average molecular weight is 386 g/mol. The van der Waals surface area contributed by atoms with E-state index >= 15 is 0 Å². The summed E-state index contributed by atoms with van der Waals surface area (Å²) in [5.74, 6) is -1.40. The summed E-state index contributed by atoms with van der Waals surface area (Å²) in [6.45, 7) is -0.532. The predicted octanol–water partition coefficient (Wildman–Crippen LogP) is 3.06. The average Bonchev–Trinajstić information content (AvgIpc) is 2.13. The number of alkyl halides is 6. The summed E-state index contributed by atoms with van der Waals surface area (Å²) in [6.07, 6.45) is -9.53. The Morgan fingerprint density at radius 1 is 1.22 bits per heavy atom. The minimum absolute atomic E-state index is 0.0577. The Bertz CT molecular complexity index is 444. The highest BCUT2D eigenvalue weighted by Gasteiger charge is 2.42. The zero-order valence-electron chi connectivity index (χ0n) is 8.36. The number of hydrogen-bond donors (Lipinski definition) is 1. The lowest BCUT2D eigenvalue weighted by Crippen LogP contribution is -2.23. The van der Waals surface area contributed by atoms with E-state index in [1.807, 2.05) is 0 Å². The third-order valence-corrected chi connectivity index (χ3v) is 2.70. The van der Waals surface area contributed by atoms with Crippen LogP contribution in [-0.2, 0) is 12.7 Å². The van der Waals surface area contributed by atoms with Gasteiger partial charge in [0.15, 0.2) is 11.4 Å². The fraction of sp³-hybridized carbons (Fsp3) is 0.375. The highest BCUT2D eigenvalue weighted by atomic mass is 127. The van der Waals surface area contributed by atoms with Gasteiger partial charge in [-0.05, 0) is 22.6 Å². The van der Waals surface area contributed by atoms with Crippen LogP contribution in [0, 0.1) is 3.57 Å². The van der Waals surface area contributed by atoms with Crippen molar-refractivity contribution in [2.75, 3.05) is 0 Å². The van der Waals surface area contributed by atoms with Gasteiger partial charge in [-0.15, -0.1) is 13.2 Å². The molecule has 0 saturated heterocycles. The SMILES string of the molecule is NCc1c(I)cnc(C(F)(F)F)c1OC(F)(F)F. The van der Waals surface area contributed by atoms with E-state index in [-0.39, 0.29) is 3.57 Å². The number of aromatic nitrogens is 1. The summed E-state index contributed by atoms with van der Waals surface area (Å²) in [4.78, 5) is 2.93. The van der Waals surface area contributed by atoms with E-state index < -0.39 is 36.1 Å². The molecule has 0 saturated carbocycles. The van der Waals surface area contributed by atoms with E-state index in [1.165, 1.54) is 22.6 Å². The van der Waals surface area contributed by atoms with Crippen molar-refractivity contribution in [2.24, 2.45) is 5.73 Å². The molecule has 2 N–H and O–H groups in total. The molecular formula is C8H5F6IN2O. The Morgan fingerprint density at radius 2 is 1.78 bits per heavy atom. The van der Waals surface area contributed by atoms with Crippen LogP contribution < -0.4 is 10.5 Å². The van der Waals surface area contributed by atoms with E-state index in [4.69, 9.17) is 5.73 Å². The number of rotatable bonds is 2. The van der Waals surface area contributed by atoms with Crippen LogP contribution in [0.25, 0.3) is 0 Å². The molecule has 1 aromatic rings. The van der Waals surface area contributed by atoms with Gasteiger partial charge < -0.3 is 10.5 Å². The first-order chi connectivity index (χ1) is 8.06. The van der Waals surface area contributed by atoms with E-state index in [2.05, 4.69) is 9.72 Å². The van der Waals surface area contributed by atoms with Gasteiger partial charge in [-0.25, -0.2) is 4.98 Å². The van der Waals surface area contributed by atoms with Crippen molar-refractivity contribution in [3.63, 3.8) is 0 Å². The van der Waals surface area contributed by atoms with Crippen LogP contribution in [0.1, 0.15) is 11.3 Å². The predicted molar refractivity (Wildman–Crippen MR) is 56.5 cm³/mol. The molecule has 0 aliphatic carbocycles. The molecule has 1 rings (SSSR count). The minimum atomic E-state index is -5.25. The Hall–Kier alpha value is -0.780. The lowest BCUT2D eigenvalue weighted by Gasteiger charge is -2.18. The lowest BCUT2D eigenvalue weighted by atomic mass is 10.2. The molecule has 10 heteroatoms. The third-order valence-electron chi connectivity index (χ3n) is 1.77. The molecular weight excluding hydrogens is 381 g/mol. The van der Waals surface area contributed by atoms with Gasteiger partial charge in [0.1, 0.15) is 0 Å². The maximum Gasteiger partial charge on any atom is 0.573 e. The van der Waals surface area contributed by atoms with Crippen molar-refractivity contribution in [2.45, 2.75) is 19.1 Å². The fourth-order valence-corrected chi connectivity index (χ4v) is 1.73. The van der Waals surface area contributed by atoms with E-state index in [0.29, 0.717) is 0 Å². The molecule has 18 heavy (non-hydrogen) atoms. The van der Waals surface area contributed by atoms with Crippen LogP contribution >= 0.6 is 22.6 Å². The second kappa shape index (κ2) is 5.07. The molecule has 1 heterocycles. The molecule has 0 aromatic carbocycles. The van der Waals surface area contributed by atoms with Crippen LogP contribution in [0.2, 0.25) is 0 Å². The molecule has 0 atom stereocenters. The Morgan fingerprint density at radius 3 is 2.17 bits per heavy atom. The van der Waals surface area contributed by atoms with Gasteiger partial charge in [-0.1, -0.05) is 0 Å². The van der Waals surface area contributed by atoms with Crippen LogP contribution in [0.5, 0.6) is 5.75 Å². The Kier molecular flexibility index (Phi) is 4.30. The maximum atomic E-state index is 12.5. The fourth-order valence-electron chi connectivity index (χ4n) is 1.13. The number of halogens is 7. The van der Waals surface area contributed by atoms with E-state index in [9.17, 15) is 26.3 Å². The Balaban J connectivity index is 3.45. The number of nitrogens with two attached hydrogens (primary N) is 1. The smallest absolute Gasteiger partial charge is 0.403 e. The number of ether oxygens (including phenoxy) is 1. The summed E-state index contributed by atoms with van der Waals surface area (Å²) >= 11 is 1.53. The van der Waals surface area contributed by atoms with Gasteiger partial charge in [0.25, 0.3) is 0 Å². The van der Waals surface area contributed by atoms with Crippen molar-refractivity contribution < 1.29 is 31.1 Å². The standard InChI is InChI=1S/C8H5F6IN2O/c9-7(10,11)6-5(18-8(12,13)14)3(1-16)4(15)2-17-6/h2H,1,16H2. The first-order valence-corrected chi connectivity index (χ1v) is 5.34. The molecule has 3 nitrogen and oxygen atoms in total. The van der Waals surface area contributed by atoms with Crippen molar-refractivity contribution in [1.29, 1.82) is 0 Å². The molecule has 1 aromatic heterocycles. The Labute approximate surface area is 110 Å². The highest BCUT2D eigenvalue weighted by Crippen LogP contribution is 2.40. The van der Waals surface area contributed by atoms with Gasteiger partial charge in [-0.3, -0.25) is 0 Å². The normalized spacial score (nSPS) is 12.7. The highest BCUT2D eigenvalue weighted by molar-refractivity contribution is 14.1. The number of hydrogen-bond acceptors (Lipinski definition) is 3.